The summed E-state index contributed by atoms with van der Waals surface area (Å²) < 4.78 is 0.999. The van der Waals surface area contributed by atoms with Crippen molar-refractivity contribution in [1.82, 2.24) is 9.38 Å². The number of pyridine rings is 1. The van der Waals surface area contributed by atoms with E-state index in [1.54, 1.807) is 0 Å². The maximum Gasteiger partial charge on any atom is 0.353 e. The van der Waals surface area contributed by atoms with Crippen molar-refractivity contribution in [3.63, 3.8) is 0 Å². The Bertz CT molecular complexity index is 603. The number of aromatic carboxylic acids is 1. The summed E-state index contributed by atoms with van der Waals surface area (Å²) in [4.78, 5) is 26.2. The fourth-order valence-corrected chi connectivity index (χ4v) is 1.34. The zero-order valence-corrected chi connectivity index (χ0v) is 7.54. The number of rotatable bonds is 1. The lowest BCUT2D eigenvalue weighted by atomic mass is 10.3. The second-order valence-electron chi connectivity index (χ2n) is 2.93. The average molecular weight is 205 g/mol. The van der Waals surface area contributed by atoms with Gasteiger partial charge in [0, 0.05) is 6.07 Å². The van der Waals surface area contributed by atoms with Gasteiger partial charge in [-0.3, -0.25) is 9.20 Å². The quantitative estimate of drug-likeness (QED) is 0.681. The molecule has 0 aliphatic rings. The molecule has 0 radical (unpaired) electrons. The largest absolute Gasteiger partial charge is 0.477 e. The molecule has 76 valence electrons. The third-order valence-corrected chi connectivity index (χ3v) is 1.92. The van der Waals surface area contributed by atoms with Crippen LogP contribution in [0.3, 0.4) is 0 Å². The normalized spacial score (nSPS) is 10.4. The summed E-state index contributed by atoms with van der Waals surface area (Å²) in [5.74, 6) is -1.11. The van der Waals surface area contributed by atoms with Crippen LogP contribution in [0, 0.1) is 0 Å². The first-order valence-corrected chi connectivity index (χ1v) is 4.11. The maximum absolute atomic E-state index is 11.5. The molecule has 3 N–H and O–H groups in total. The molecule has 0 spiro atoms. The van der Waals surface area contributed by atoms with Crippen LogP contribution in [0.15, 0.2) is 29.1 Å². The zero-order chi connectivity index (χ0) is 11.0. The molecular weight excluding hydrogens is 198 g/mol. The van der Waals surface area contributed by atoms with Gasteiger partial charge in [0.05, 0.1) is 0 Å². The molecule has 6 nitrogen and oxygen atoms in total. The van der Waals surface area contributed by atoms with Gasteiger partial charge in [0.2, 0.25) is 0 Å². The molecule has 0 aliphatic carbocycles. The Kier molecular flexibility index (Phi) is 1.89. The van der Waals surface area contributed by atoms with E-state index in [-0.39, 0.29) is 17.2 Å². The van der Waals surface area contributed by atoms with E-state index in [1.807, 2.05) is 0 Å². The minimum Gasteiger partial charge on any atom is -0.477 e. The van der Waals surface area contributed by atoms with Crippen molar-refractivity contribution in [2.24, 2.45) is 0 Å². The maximum atomic E-state index is 11.5. The number of aromatic nitrogens is 2. The molecule has 0 amide bonds. The lowest BCUT2D eigenvalue weighted by Crippen LogP contribution is -2.20. The lowest BCUT2D eigenvalue weighted by Gasteiger charge is -2.03. The van der Waals surface area contributed by atoms with Gasteiger partial charge in [-0.15, -0.1) is 0 Å². The molecule has 0 aliphatic heterocycles. The minimum atomic E-state index is -1.19. The fourth-order valence-electron chi connectivity index (χ4n) is 1.34. The highest BCUT2D eigenvalue weighted by Crippen LogP contribution is 2.04. The molecule has 2 aromatic rings. The predicted molar refractivity (Wildman–Crippen MR) is 52.8 cm³/mol. The van der Waals surface area contributed by atoms with Crippen molar-refractivity contribution in [2.45, 2.75) is 0 Å². The number of hydrogen-bond donors (Lipinski definition) is 2. The topological polar surface area (TPSA) is 97.7 Å². The van der Waals surface area contributed by atoms with Gasteiger partial charge in [0.1, 0.15) is 17.2 Å². The third-order valence-electron chi connectivity index (χ3n) is 1.92. The van der Waals surface area contributed by atoms with E-state index < -0.39 is 11.5 Å². The first kappa shape index (κ1) is 9.20. The summed E-state index contributed by atoms with van der Waals surface area (Å²) in [7, 11) is 0. The van der Waals surface area contributed by atoms with E-state index >= 15 is 0 Å². The van der Waals surface area contributed by atoms with Gasteiger partial charge in [-0.25, -0.2) is 9.78 Å². The fraction of sp³-hybridized carbons (Fsp3) is 0. The van der Waals surface area contributed by atoms with Gasteiger partial charge in [-0.2, -0.15) is 0 Å². The minimum absolute atomic E-state index is 0.0718. The summed E-state index contributed by atoms with van der Waals surface area (Å²) >= 11 is 0. The van der Waals surface area contributed by atoms with E-state index in [4.69, 9.17) is 10.8 Å². The van der Waals surface area contributed by atoms with Crippen molar-refractivity contribution in [3.8, 4) is 0 Å². The molecule has 0 fully saturated rings. The highest BCUT2D eigenvalue weighted by Gasteiger charge is 2.10. The molecule has 0 unspecified atom stereocenters. The second kappa shape index (κ2) is 3.09. The number of carboxylic acids is 1. The predicted octanol–water partition coefficient (Wildman–Crippen LogP) is -0.0251. The number of anilines is 1. The van der Waals surface area contributed by atoms with E-state index in [1.165, 1.54) is 18.2 Å². The highest BCUT2D eigenvalue weighted by atomic mass is 16.4. The molecule has 0 atom stereocenters. The van der Waals surface area contributed by atoms with Crippen LogP contribution in [0.4, 0.5) is 5.82 Å². The van der Waals surface area contributed by atoms with E-state index in [0.717, 1.165) is 10.5 Å². The molecule has 0 saturated carbocycles. The average Bonchev–Trinajstić information content (AvgIpc) is 2.16. The molecule has 0 saturated heterocycles. The van der Waals surface area contributed by atoms with Crippen LogP contribution in [0.5, 0.6) is 0 Å². The number of nitrogens with zero attached hydrogens (tertiary/aromatic N) is 2. The van der Waals surface area contributed by atoms with Gasteiger partial charge in [-0.1, -0.05) is 6.07 Å². The molecule has 0 bridgehead atoms. The van der Waals surface area contributed by atoms with Crippen LogP contribution < -0.4 is 11.3 Å². The summed E-state index contributed by atoms with van der Waals surface area (Å²) in [6.45, 7) is 0. The van der Waals surface area contributed by atoms with Crippen LogP contribution in [0.25, 0.3) is 5.65 Å². The monoisotopic (exact) mass is 205 g/mol. The Labute approximate surface area is 83.6 Å². The summed E-state index contributed by atoms with van der Waals surface area (Å²) in [6, 6.07) is 5.43. The summed E-state index contributed by atoms with van der Waals surface area (Å²) in [5, 5.41) is 8.86. The van der Waals surface area contributed by atoms with Crippen LogP contribution in [-0.2, 0) is 0 Å². The number of nitrogens with two attached hydrogens (primary N) is 1. The Morgan fingerprint density at radius 2 is 2.20 bits per heavy atom. The second-order valence-corrected chi connectivity index (χ2v) is 2.93. The number of nitrogen functional groups attached to an aromatic ring is 1. The molecule has 6 heteroatoms. The summed E-state index contributed by atoms with van der Waals surface area (Å²) in [5.41, 5.74) is 4.96. The van der Waals surface area contributed by atoms with E-state index in [2.05, 4.69) is 4.98 Å². The number of carboxylic acid groups (broad SMARTS) is 1. The number of hydrogen-bond acceptors (Lipinski definition) is 4. The van der Waals surface area contributed by atoms with Gasteiger partial charge in [-0.05, 0) is 12.1 Å². The van der Waals surface area contributed by atoms with Crippen molar-refractivity contribution in [2.75, 3.05) is 5.73 Å². The Balaban J connectivity index is 2.98. The molecule has 15 heavy (non-hydrogen) atoms. The Hall–Kier alpha value is -2.37. The van der Waals surface area contributed by atoms with Crippen LogP contribution in [0.1, 0.15) is 10.5 Å². The molecule has 2 heterocycles. The molecule has 0 aromatic carbocycles. The Morgan fingerprint density at radius 3 is 2.87 bits per heavy atom. The smallest absolute Gasteiger partial charge is 0.353 e. The van der Waals surface area contributed by atoms with Gasteiger partial charge in [0.25, 0.3) is 5.56 Å². The lowest BCUT2D eigenvalue weighted by molar-refractivity contribution is 0.0688. The molecule has 2 rings (SSSR count). The third kappa shape index (κ3) is 1.41. The first-order valence-electron chi connectivity index (χ1n) is 4.11. The Morgan fingerprint density at radius 1 is 1.47 bits per heavy atom. The molecule has 2 aromatic heterocycles. The standard InChI is InChI=1S/C9H7N3O3/c10-6-4-8(13)12-5(9(14)15)2-1-3-7(12)11-6/h1-4H,10H2,(H,14,15). The highest BCUT2D eigenvalue weighted by molar-refractivity contribution is 5.86. The number of fused-ring (bicyclic) bond motifs is 1. The summed E-state index contributed by atoms with van der Waals surface area (Å²) in [6.07, 6.45) is 0. The van der Waals surface area contributed by atoms with Crippen LogP contribution >= 0.6 is 0 Å². The zero-order valence-electron chi connectivity index (χ0n) is 7.54. The molecular formula is C9H7N3O3. The van der Waals surface area contributed by atoms with Gasteiger partial charge >= 0.3 is 5.97 Å². The van der Waals surface area contributed by atoms with Crippen LogP contribution in [0.2, 0.25) is 0 Å². The van der Waals surface area contributed by atoms with Gasteiger partial charge in [0.15, 0.2) is 0 Å². The van der Waals surface area contributed by atoms with E-state index in [9.17, 15) is 9.59 Å². The number of carbonyl (C=O) groups is 1. The van der Waals surface area contributed by atoms with Crippen molar-refractivity contribution in [1.29, 1.82) is 0 Å². The SMILES string of the molecule is Nc1cc(=O)n2c(C(=O)O)cccc2n1. The van der Waals surface area contributed by atoms with E-state index in [0.29, 0.717) is 0 Å². The first-order chi connectivity index (χ1) is 7.09. The van der Waals surface area contributed by atoms with Gasteiger partial charge < -0.3 is 10.8 Å². The van der Waals surface area contributed by atoms with Crippen molar-refractivity contribution < 1.29 is 9.90 Å². The van der Waals surface area contributed by atoms with Crippen LogP contribution in [-0.4, -0.2) is 20.5 Å². The van der Waals surface area contributed by atoms with Crippen molar-refractivity contribution >= 4 is 17.4 Å². The van der Waals surface area contributed by atoms with Crippen molar-refractivity contribution in [3.05, 3.63) is 40.3 Å².